The summed E-state index contributed by atoms with van der Waals surface area (Å²) in [5.41, 5.74) is 3.76. The van der Waals surface area contributed by atoms with Crippen molar-refractivity contribution in [3.8, 4) is 0 Å². The Bertz CT molecular complexity index is 343. The molecule has 1 saturated carbocycles. The number of nitrogens with two attached hydrogens (primary N) is 1. The van der Waals surface area contributed by atoms with Crippen molar-refractivity contribution in [1.82, 2.24) is 4.90 Å². The second-order valence-corrected chi connectivity index (χ2v) is 4.09. The fourth-order valence-electron chi connectivity index (χ4n) is 1.52. The molecule has 6 heteroatoms. The molecule has 0 amide bonds. The Kier molecular flexibility index (Phi) is 4.20. The lowest BCUT2D eigenvalue weighted by Crippen LogP contribution is -2.34. The predicted molar refractivity (Wildman–Crippen MR) is 57.9 cm³/mol. The standard InChI is InChI=1S/C11H15F3N2O/c1-16(10-3-2-4-10)6-8(11(12,13)14)5-9(15)7-17/h5-7,10H,2-4,15H2,1H3/b8-6+,9-5+. The van der Waals surface area contributed by atoms with Crippen LogP contribution >= 0.6 is 0 Å². The van der Waals surface area contributed by atoms with Crippen molar-refractivity contribution in [1.29, 1.82) is 0 Å². The summed E-state index contributed by atoms with van der Waals surface area (Å²) < 4.78 is 38.0. The highest BCUT2D eigenvalue weighted by Gasteiger charge is 2.33. The number of carbonyl (C=O) groups is 1. The minimum Gasteiger partial charge on any atom is -0.396 e. The quantitative estimate of drug-likeness (QED) is 0.470. The second kappa shape index (κ2) is 5.25. The summed E-state index contributed by atoms with van der Waals surface area (Å²) in [6.45, 7) is 0. The highest BCUT2D eigenvalue weighted by atomic mass is 19.4. The molecule has 0 heterocycles. The molecule has 0 bridgehead atoms. The van der Waals surface area contributed by atoms with E-state index >= 15 is 0 Å². The molecular weight excluding hydrogens is 233 g/mol. The molecule has 1 aliphatic carbocycles. The molecule has 0 radical (unpaired) electrons. The molecule has 0 aliphatic heterocycles. The zero-order chi connectivity index (χ0) is 13.1. The second-order valence-electron chi connectivity index (χ2n) is 4.09. The van der Waals surface area contributed by atoms with Crippen molar-refractivity contribution in [3.05, 3.63) is 23.5 Å². The number of hydrogen-bond donors (Lipinski definition) is 1. The maximum Gasteiger partial charge on any atom is 0.417 e. The van der Waals surface area contributed by atoms with Gasteiger partial charge in [-0.3, -0.25) is 4.79 Å². The van der Waals surface area contributed by atoms with Gasteiger partial charge < -0.3 is 10.6 Å². The molecule has 3 nitrogen and oxygen atoms in total. The van der Waals surface area contributed by atoms with Crippen LogP contribution in [-0.2, 0) is 4.79 Å². The van der Waals surface area contributed by atoms with Gasteiger partial charge in [0, 0.05) is 19.3 Å². The molecule has 0 spiro atoms. The van der Waals surface area contributed by atoms with E-state index in [-0.39, 0.29) is 12.3 Å². The Hall–Kier alpha value is -1.46. The Morgan fingerprint density at radius 2 is 2.00 bits per heavy atom. The summed E-state index contributed by atoms with van der Waals surface area (Å²) >= 11 is 0. The molecule has 2 N–H and O–H groups in total. The minimum atomic E-state index is -4.51. The molecule has 0 saturated heterocycles. The molecule has 1 aliphatic rings. The highest BCUT2D eigenvalue weighted by Crippen LogP contribution is 2.30. The topological polar surface area (TPSA) is 46.3 Å². The smallest absolute Gasteiger partial charge is 0.396 e. The normalized spacial score (nSPS) is 18.8. The highest BCUT2D eigenvalue weighted by molar-refractivity contribution is 5.72. The maximum atomic E-state index is 12.7. The first-order valence-corrected chi connectivity index (χ1v) is 5.28. The van der Waals surface area contributed by atoms with Crippen molar-refractivity contribution in [2.24, 2.45) is 5.73 Å². The molecule has 17 heavy (non-hydrogen) atoms. The number of hydrogen-bond acceptors (Lipinski definition) is 3. The van der Waals surface area contributed by atoms with Crippen molar-refractivity contribution in [2.75, 3.05) is 7.05 Å². The first kappa shape index (κ1) is 13.6. The van der Waals surface area contributed by atoms with Gasteiger partial charge in [-0.1, -0.05) is 0 Å². The van der Waals surface area contributed by atoms with Crippen LogP contribution in [-0.4, -0.2) is 30.5 Å². The van der Waals surface area contributed by atoms with Crippen LogP contribution in [0.1, 0.15) is 19.3 Å². The van der Waals surface area contributed by atoms with Crippen LogP contribution in [0.4, 0.5) is 13.2 Å². The number of alkyl halides is 3. The van der Waals surface area contributed by atoms with Gasteiger partial charge in [-0.2, -0.15) is 13.2 Å². The Morgan fingerprint density at radius 3 is 2.35 bits per heavy atom. The molecule has 0 atom stereocenters. The third kappa shape index (κ3) is 3.80. The lowest BCUT2D eigenvalue weighted by molar-refractivity contribution is -0.105. The van der Waals surface area contributed by atoms with Crippen molar-refractivity contribution < 1.29 is 18.0 Å². The van der Waals surface area contributed by atoms with E-state index in [2.05, 4.69) is 0 Å². The summed E-state index contributed by atoms with van der Waals surface area (Å²) in [6.07, 6.45) is 0.170. The van der Waals surface area contributed by atoms with E-state index < -0.39 is 17.4 Å². The first-order valence-electron chi connectivity index (χ1n) is 5.28. The number of aldehydes is 1. The van der Waals surface area contributed by atoms with Gasteiger partial charge in [0.05, 0.1) is 11.3 Å². The Balaban J connectivity index is 2.89. The van der Waals surface area contributed by atoms with Gasteiger partial charge in [0.25, 0.3) is 0 Å². The summed E-state index contributed by atoms with van der Waals surface area (Å²) in [6, 6.07) is 0.151. The van der Waals surface area contributed by atoms with E-state index in [1.807, 2.05) is 0 Å². The van der Waals surface area contributed by atoms with Gasteiger partial charge in [0.2, 0.25) is 0 Å². The molecule has 96 valence electrons. The van der Waals surface area contributed by atoms with Crippen molar-refractivity contribution >= 4 is 6.29 Å². The fraction of sp³-hybridized carbons (Fsp3) is 0.545. The number of carbonyl (C=O) groups excluding carboxylic acids is 1. The molecule has 1 rings (SSSR count). The van der Waals surface area contributed by atoms with E-state index in [4.69, 9.17) is 5.73 Å². The van der Waals surface area contributed by atoms with Crippen LogP contribution in [0, 0.1) is 0 Å². The van der Waals surface area contributed by atoms with E-state index in [9.17, 15) is 18.0 Å². The summed E-state index contributed by atoms with van der Waals surface area (Å²) in [5.74, 6) is 0. The van der Waals surface area contributed by atoms with Crippen LogP contribution < -0.4 is 5.73 Å². The number of nitrogens with zero attached hydrogens (tertiary/aromatic N) is 1. The Morgan fingerprint density at radius 1 is 1.41 bits per heavy atom. The largest absolute Gasteiger partial charge is 0.417 e. The molecule has 0 unspecified atom stereocenters. The van der Waals surface area contributed by atoms with Crippen LogP contribution in [0.5, 0.6) is 0 Å². The number of rotatable bonds is 4. The Labute approximate surface area is 97.8 Å². The summed E-state index contributed by atoms with van der Waals surface area (Å²) in [4.78, 5) is 11.8. The van der Waals surface area contributed by atoms with Gasteiger partial charge in [0.1, 0.15) is 0 Å². The average Bonchev–Trinajstić information content (AvgIpc) is 2.12. The third-order valence-corrected chi connectivity index (χ3v) is 2.78. The third-order valence-electron chi connectivity index (χ3n) is 2.78. The van der Waals surface area contributed by atoms with Gasteiger partial charge in [-0.15, -0.1) is 0 Å². The number of allylic oxidation sites excluding steroid dienone is 3. The predicted octanol–water partition coefficient (Wildman–Crippen LogP) is 1.96. The summed E-state index contributed by atoms with van der Waals surface area (Å²) in [5, 5.41) is 0. The summed E-state index contributed by atoms with van der Waals surface area (Å²) in [7, 11) is 1.60. The zero-order valence-electron chi connectivity index (χ0n) is 9.50. The lowest BCUT2D eigenvalue weighted by atomic mass is 9.92. The van der Waals surface area contributed by atoms with Crippen LogP contribution in [0.15, 0.2) is 23.5 Å². The van der Waals surface area contributed by atoms with Gasteiger partial charge in [0.15, 0.2) is 6.29 Å². The first-order chi connectivity index (χ1) is 7.84. The van der Waals surface area contributed by atoms with E-state index in [0.717, 1.165) is 25.5 Å². The lowest BCUT2D eigenvalue weighted by Gasteiger charge is -2.34. The van der Waals surface area contributed by atoms with Gasteiger partial charge >= 0.3 is 6.18 Å². The van der Waals surface area contributed by atoms with Crippen LogP contribution in [0.25, 0.3) is 0 Å². The molecule has 0 aromatic heterocycles. The van der Waals surface area contributed by atoms with Gasteiger partial charge in [-0.05, 0) is 25.3 Å². The minimum absolute atomic E-state index is 0.151. The van der Waals surface area contributed by atoms with Crippen molar-refractivity contribution in [3.63, 3.8) is 0 Å². The molecule has 1 fully saturated rings. The number of halogens is 3. The SMILES string of the molecule is CN(/C=C(\C=C(\N)C=O)C(F)(F)F)C1CCC1. The van der Waals surface area contributed by atoms with E-state index in [1.165, 1.54) is 4.90 Å². The van der Waals surface area contributed by atoms with Crippen LogP contribution in [0.3, 0.4) is 0 Å². The molecule has 0 aromatic carbocycles. The average molecular weight is 248 g/mol. The monoisotopic (exact) mass is 248 g/mol. The zero-order valence-corrected chi connectivity index (χ0v) is 9.50. The molecule has 0 aromatic rings. The maximum absolute atomic E-state index is 12.7. The van der Waals surface area contributed by atoms with Crippen LogP contribution in [0.2, 0.25) is 0 Å². The molecular formula is C11H15F3N2O. The fourth-order valence-corrected chi connectivity index (χ4v) is 1.52. The van der Waals surface area contributed by atoms with E-state index in [0.29, 0.717) is 6.08 Å². The van der Waals surface area contributed by atoms with Gasteiger partial charge in [-0.25, -0.2) is 0 Å². The van der Waals surface area contributed by atoms with Crippen molar-refractivity contribution in [2.45, 2.75) is 31.5 Å². The van der Waals surface area contributed by atoms with E-state index in [1.54, 1.807) is 7.05 Å².